The molecule has 0 spiro atoms. The van der Waals surface area contributed by atoms with Crippen LogP contribution in [0.4, 0.5) is 11.4 Å². The second kappa shape index (κ2) is 8.06. The smallest absolute Gasteiger partial charge is 0.283 e. The normalized spacial score (nSPS) is 11.0. The van der Waals surface area contributed by atoms with Crippen molar-refractivity contribution in [3.05, 3.63) is 52.5 Å². The Balaban J connectivity index is 1.84. The summed E-state index contributed by atoms with van der Waals surface area (Å²) in [7, 11) is 0. The molecule has 2 N–H and O–H groups in total. The monoisotopic (exact) mass is 424 g/mol. The van der Waals surface area contributed by atoms with Gasteiger partial charge < -0.3 is 10.4 Å². The third kappa shape index (κ3) is 4.01. The number of aromatic hydroxyl groups is 1. The van der Waals surface area contributed by atoms with Crippen LogP contribution in [0.3, 0.4) is 0 Å². The van der Waals surface area contributed by atoms with E-state index in [1.54, 1.807) is 10.6 Å². The molecule has 0 aliphatic carbocycles. The zero-order chi connectivity index (χ0) is 19.4. The average Bonchev–Trinajstić information content (AvgIpc) is 2.90. The molecule has 3 rings (SSSR count). The third-order valence-electron chi connectivity index (χ3n) is 4.06. The number of fused-ring (bicyclic) bond motifs is 1. The van der Waals surface area contributed by atoms with Crippen LogP contribution in [-0.4, -0.2) is 22.1 Å². The van der Waals surface area contributed by atoms with Crippen LogP contribution in [0.25, 0.3) is 10.9 Å². The number of carbonyl (C=O) groups excluding carboxylic acids is 1. The lowest BCUT2D eigenvalue weighted by Gasteiger charge is -2.06. The average molecular weight is 425 g/mol. The SMILES string of the molecule is C#CCn1c(O)c(N=NC(=O)CNc2ccccc2C)c2cc(Br)ccc21. The van der Waals surface area contributed by atoms with Crippen LogP contribution in [0.1, 0.15) is 5.56 Å². The summed E-state index contributed by atoms with van der Waals surface area (Å²) in [5.74, 6) is 1.92. The van der Waals surface area contributed by atoms with Crippen LogP contribution in [0.5, 0.6) is 5.88 Å². The number of aryl methyl sites for hydroxylation is 1. The van der Waals surface area contributed by atoms with Crippen molar-refractivity contribution in [3.63, 3.8) is 0 Å². The lowest BCUT2D eigenvalue weighted by atomic mass is 10.2. The van der Waals surface area contributed by atoms with E-state index in [1.165, 1.54) is 0 Å². The summed E-state index contributed by atoms with van der Waals surface area (Å²) in [4.78, 5) is 12.1. The molecule has 6 nitrogen and oxygen atoms in total. The van der Waals surface area contributed by atoms with Crippen molar-refractivity contribution in [2.45, 2.75) is 13.5 Å². The first-order chi connectivity index (χ1) is 13.0. The third-order valence-corrected chi connectivity index (χ3v) is 4.55. The van der Waals surface area contributed by atoms with Crippen molar-refractivity contribution in [2.75, 3.05) is 11.9 Å². The summed E-state index contributed by atoms with van der Waals surface area (Å²) in [6.07, 6.45) is 5.38. The molecule has 0 aliphatic rings. The Kier molecular flexibility index (Phi) is 5.57. The van der Waals surface area contributed by atoms with Crippen molar-refractivity contribution in [1.29, 1.82) is 0 Å². The Bertz CT molecular complexity index is 1080. The van der Waals surface area contributed by atoms with E-state index >= 15 is 0 Å². The topological polar surface area (TPSA) is 79.0 Å². The molecule has 27 heavy (non-hydrogen) atoms. The molecule has 0 saturated carbocycles. The molecule has 1 heterocycles. The summed E-state index contributed by atoms with van der Waals surface area (Å²) >= 11 is 3.40. The van der Waals surface area contributed by atoms with Gasteiger partial charge in [0, 0.05) is 15.5 Å². The molecular weight excluding hydrogens is 408 g/mol. The molecule has 0 unspecified atom stereocenters. The summed E-state index contributed by atoms with van der Waals surface area (Å²) in [5.41, 5.74) is 2.82. The summed E-state index contributed by atoms with van der Waals surface area (Å²) < 4.78 is 2.36. The standard InChI is InChI=1S/C20H17BrN4O2/c1-3-10-25-17-9-8-14(21)11-15(17)19(20(25)27)24-23-18(26)12-22-16-7-5-4-6-13(16)2/h1,4-9,11,22,27H,10,12H2,2H3. The fourth-order valence-corrected chi connectivity index (χ4v) is 3.09. The van der Waals surface area contributed by atoms with E-state index in [1.807, 2.05) is 43.3 Å². The fraction of sp³-hybridized carbons (Fsp3) is 0.150. The van der Waals surface area contributed by atoms with E-state index in [0.717, 1.165) is 15.7 Å². The number of nitrogens with one attached hydrogen (secondary N) is 1. The van der Waals surface area contributed by atoms with Crippen LogP contribution < -0.4 is 5.32 Å². The molecule has 136 valence electrons. The molecule has 0 radical (unpaired) electrons. The van der Waals surface area contributed by atoms with E-state index in [0.29, 0.717) is 10.9 Å². The van der Waals surface area contributed by atoms with Crippen LogP contribution in [0.2, 0.25) is 0 Å². The molecule has 2 aromatic carbocycles. The highest BCUT2D eigenvalue weighted by atomic mass is 79.9. The van der Waals surface area contributed by atoms with Crippen LogP contribution in [-0.2, 0) is 11.3 Å². The minimum atomic E-state index is -0.453. The van der Waals surface area contributed by atoms with Crippen LogP contribution in [0, 0.1) is 19.3 Å². The highest BCUT2D eigenvalue weighted by Gasteiger charge is 2.17. The van der Waals surface area contributed by atoms with Crippen molar-refractivity contribution in [2.24, 2.45) is 10.2 Å². The molecule has 0 fully saturated rings. The van der Waals surface area contributed by atoms with Gasteiger partial charge >= 0.3 is 0 Å². The predicted molar refractivity (Wildman–Crippen MR) is 109 cm³/mol. The van der Waals surface area contributed by atoms with Gasteiger partial charge in [-0.2, -0.15) is 0 Å². The first kappa shape index (κ1) is 18.7. The van der Waals surface area contributed by atoms with Gasteiger partial charge in [-0.25, -0.2) is 0 Å². The van der Waals surface area contributed by atoms with Crippen molar-refractivity contribution < 1.29 is 9.90 Å². The number of rotatable bonds is 5. The first-order valence-electron chi connectivity index (χ1n) is 8.19. The molecule has 1 amide bonds. The summed E-state index contributed by atoms with van der Waals surface area (Å²) in [5, 5.41) is 21.9. The maximum atomic E-state index is 12.1. The molecule has 0 bridgehead atoms. The van der Waals surface area contributed by atoms with Crippen LogP contribution >= 0.6 is 15.9 Å². The number of hydrogen-bond acceptors (Lipinski definition) is 4. The largest absolute Gasteiger partial charge is 0.493 e. The molecule has 0 aliphatic heterocycles. The zero-order valence-electron chi connectivity index (χ0n) is 14.6. The number of amides is 1. The second-order valence-electron chi connectivity index (χ2n) is 5.89. The van der Waals surface area contributed by atoms with Gasteiger partial charge in [-0.05, 0) is 36.8 Å². The van der Waals surface area contributed by atoms with Crippen molar-refractivity contribution >= 4 is 44.1 Å². The van der Waals surface area contributed by atoms with Gasteiger partial charge in [0.1, 0.15) is 0 Å². The van der Waals surface area contributed by atoms with Gasteiger partial charge in [-0.3, -0.25) is 9.36 Å². The highest BCUT2D eigenvalue weighted by molar-refractivity contribution is 9.10. The molecule has 1 aromatic heterocycles. The number of anilines is 1. The maximum Gasteiger partial charge on any atom is 0.283 e. The quantitative estimate of drug-likeness (QED) is 0.457. The van der Waals surface area contributed by atoms with Crippen molar-refractivity contribution in [1.82, 2.24) is 4.57 Å². The number of benzene rings is 2. The summed E-state index contributed by atoms with van der Waals surface area (Å²) in [6, 6.07) is 13.1. The summed E-state index contributed by atoms with van der Waals surface area (Å²) in [6.45, 7) is 2.13. The molecule has 0 saturated heterocycles. The second-order valence-corrected chi connectivity index (χ2v) is 6.80. The Hall–Kier alpha value is -3.11. The van der Waals surface area contributed by atoms with Gasteiger partial charge in [-0.1, -0.05) is 40.0 Å². The van der Waals surface area contributed by atoms with Gasteiger partial charge in [0.25, 0.3) is 5.91 Å². The highest BCUT2D eigenvalue weighted by Crippen LogP contribution is 2.39. The van der Waals surface area contributed by atoms with E-state index in [9.17, 15) is 9.90 Å². The number of hydrogen-bond donors (Lipinski definition) is 2. The number of para-hydroxylation sites is 1. The van der Waals surface area contributed by atoms with E-state index in [4.69, 9.17) is 6.42 Å². The van der Waals surface area contributed by atoms with Gasteiger partial charge in [0.2, 0.25) is 5.88 Å². The van der Waals surface area contributed by atoms with Gasteiger partial charge in [0.15, 0.2) is 5.69 Å². The number of nitrogens with zero attached hydrogens (tertiary/aromatic N) is 3. The number of aromatic nitrogens is 1. The Morgan fingerprint density at radius 2 is 2.11 bits per heavy atom. The zero-order valence-corrected chi connectivity index (χ0v) is 16.2. The van der Waals surface area contributed by atoms with E-state index in [-0.39, 0.29) is 24.7 Å². The van der Waals surface area contributed by atoms with Gasteiger partial charge in [0.05, 0.1) is 18.6 Å². The fourth-order valence-electron chi connectivity index (χ4n) is 2.73. The van der Waals surface area contributed by atoms with E-state index < -0.39 is 5.91 Å². The Labute approximate surface area is 165 Å². The Morgan fingerprint density at radius 3 is 2.85 bits per heavy atom. The van der Waals surface area contributed by atoms with Gasteiger partial charge in [-0.15, -0.1) is 16.7 Å². The molecule has 7 heteroatoms. The Morgan fingerprint density at radius 1 is 1.33 bits per heavy atom. The first-order valence-corrected chi connectivity index (χ1v) is 8.99. The number of terminal acetylenes is 1. The number of carbonyl (C=O) groups is 1. The van der Waals surface area contributed by atoms with Crippen molar-refractivity contribution in [3.8, 4) is 18.2 Å². The molecule has 3 aromatic rings. The van der Waals surface area contributed by atoms with Crippen LogP contribution in [0.15, 0.2) is 57.2 Å². The molecular formula is C20H17BrN4O2. The van der Waals surface area contributed by atoms with E-state index in [2.05, 4.69) is 37.4 Å². The lowest BCUT2D eigenvalue weighted by molar-refractivity contribution is -0.116. The molecule has 0 atom stereocenters. The minimum Gasteiger partial charge on any atom is -0.493 e. The predicted octanol–water partition coefficient (Wildman–Crippen LogP) is 4.77. The lowest BCUT2D eigenvalue weighted by Crippen LogP contribution is -2.11. The number of halogens is 1. The maximum absolute atomic E-state index is 12.1. The minimum absolute atomic E-state index is 0.00179. The number of azo groups is 1.